The third-order valence-corrected chi connectivity index (χ3v) is 3.18. The van der Waals surface area contributed by atoms with Gasteiger partial charge in [0.2, 0.25) is 0 Å². The second kappa shape index (κ2) is 5.43. The maximum atomic E-state index is 12.9. The van der Waals surface area contributed by atoms with E-state index < -0.39 is 5.82 Å². The Kier molecular flexibility index (Phi) is 3.90. The summed E-state index contributed by atoms with van der Waals surface area (Å²) in [5.41, 5.74) is 0.864. The molecule has 0 radical (unpaired) electrons. The van der Waals surface area contributed by atoms with Crippen LogP contribution < -0.4 is 5.32 Å². The molecule has 0 aliphatic carbocycles. The van der Waals surface area contributed by atoms with E-state index in [0.717, 1.165) is 0 Å². The van der Waals surface area contributed by atoms with Crippen LogP contribution in [0.25, 0.3) is 0 Å². The summed E-state index contributed by atoms with van der Waals surface area (Å²) in [5.74, 6) is -1.12. The Balaban J connectivity index is 2.18. The molecule has 0 unspecified atom stereocenters. The molecule has 0 aliphatic rings. The second-order valence-corrected chi connectivity index (χ2v) is 4.75. The number of amides is 1. The molecule has 0 aromatic heterocycles. The van der Waals surface area contributed by atoms with Crippen LogP contribution in [0.5, 0.6) is 0 Å². The molecule has 5 heteroatoms. The van der Waals surface area contributed by atoms with Crippen molar-refractivity contribution in [2.45, 2.75) is 0 Å². The second-order valence-electron chi connectivity index (χ2n) is 3.59. The van der Waals surface area contributed by atoms with Gasteiger partial charge in [-0.25, -0.2) is 8.78 Å². The molecule has 2 aromatic carbocycles. The van der Waals surface area contributed by atoms with E-state index in [-0.39, 0.29) is 11.7 Å². The number of hydrogen-bond donors (Lipinski definition) is 1. The molecule has 0 saturated carbocycles. The SMILES string of the molecule is O=C(Nc1ccc(F)cc1I)c1ccc(F)cc1. The largest absolute Gasteiger partial charge is 0.321 e. The van der Waals surface area contributed by atoms with E-state index in [0.29, 0.717) is 14.8 Å². The fourth-order valence-electron chi connectivity index (χ4n) is 1.39. The van der Waals surface area contributed by atoms with E-state index in [1.165, 1.54) is 42.5 Å². The highest BCUT2D eigenvalue weighted by atomic mass is 127. The summed E-state index contributed by atoms with van der Waals surface area (Å²) in [6, 6.07) is 9.28. The van der Waals surface area contributed by atoms with Crippen LogP contribution in [0, 0.1) is 15.2 Å². The lowest BCUT2D eigenvalue weighted by atomic mass is 10.2. The van der Waals surface area contributed by atoms with Crippen molar-refractivity contribution < 1.29 is 13.6 Å². The number of carbonyl (C=O) groups is 1. The van der Waals surface area contributed by atoms with Gasteiger partial charge >= 0.3 is 0 Å². The summed E-state index contributed by atoms with van der Waals surface area (Å²) in [6.45, 7) is 0. The first-order valence-corrected chi connectivity index (χ1v) is 6.16. The number of halogens is 3. The van der Waals surface area contributed by atoms with Crippen molar-refractivity contribution in [1.82, 2.24) is 0 Å². The smallest absolute Gasteiger partial charge is 0.255 e. The van der Waals surface area contributed by atoms with E-state index in [2.05, 4.69) is 5.32 Å². The molecular formula is C13H8F2INO. The zero-order valence-corrected chi connectivity index (χ0v) is 11.2. The van der Waals surface area contributed by atoms with Crippen molar-refractivity contribution in [1.29, 1.82) is 0 Å². The van der Waals surface area contributed by atoms with Crippen molar-refractivity contribution in [2.24, 2.45) is 0 Å². The van der Waals surface area contributed by atoms with Crippen LogP contribution in [-0.2, 0) is 0 Å². The Morgan fingerprint density at radius 1 is 1.00 bits per heavy atom. The van der Waals surface area contributed by atoms with Crippen molar-refractivity contribution in [3.8, 4) is 0 Å². The van der Waals surface area contributed by atoms with Crippen molar-refractivity contribution in [2.75, 3.05) is 5.32 Å². The molecule has 0 saturated heterocycles. The van der Waals surface area contributed by atoms with E-state index >= 15 is 0 Å². The Morgan fingerprint density at radius 3 is 2.22 bits per heavy atom. The lowest BCUT2D eigenvalue weighted by Gasteiger charge is -2.07. The predicted octanol–water partition coefficient (Wildman–Crippen LogP) is 3.82. The Morgan fingerprint density at radius 2 is 1.61 bits per heavy atom. The zero-order chi connectivity index (χ0) is 13.1. The summed E-state index contributed by atoms with van der Waals surface area (Å²) in [4.78, 5) is 11.8. The number of carbonyl (C=O) groups excluding carboxylic acids is 1. The van der Waals surface area contributed by atoms with Crippen LogP contribution in [0.1, 0.15) is 10.4 Å². The molecule has 0 atom stereocenters. The van der Waals surface area contributed by atoms with Crippen molar-refractivity contribution >= 4 is 34.2 Å². The van der Waals surface area contributed by atoms with Gasteiger partial charge in [-0.15, -0.1) is 0 Å². The van der Waals surface area contributed by atoms with Gasteiger partial charge in [-0.3, -0.25) is 4.79 Å². The monoisotopic (exact) mass is 359 g/mol. The topological polar surface area (TPSA) is 29.1 Å². The molecule has 92 valence electrons. The standard InChI is InChI=1S/C13H8F2INO/c14-9-3-1-8(2-4-9)13(18)17-12-6-5-10(15)7-11(12)16/h1-7H,(H,17,18). The maximum absolute atomic E-state index is 12.9. The fraction of sp³-hybridized carbons (Fsp3) is 0. The van der Waals surface area contributed by atoms with Crippen LogP contribution in [-0.4, -0.2) is 5.91 Å². The molecule has 0 aliphatic heterocycles. The Hall–Kier alpha value is -1.50. The van der Waals surface area contributed by atoms with Gasteiger partial charge in [0.15, 0.2) is 0 Å². The highest BCUT2D eigenvalue weighted by Gasteiger charge is 2.08. The third kappa shape index (κ3) is 3.04. The summed E-state index contributed by atoms with van der Waals surface area (Å²) < 4.78 is 26.2. The van der Waals surface area contributed by atoms with E-state index in [1.807, 2.05) is 22.6 Å². The zero-order valence-electron chi connectivity index (χ0n) is 9.08. The van der Waals surface area contributed by atoms with E-state index in [9.17, 15) is 13.6 Å². The molecule has 0 fully saturated rings. The van der Waals surface area contributed by atoms with Gasteiger partial charge < -0.3 is 5.32 Å². The molecule has 0 heterocycles. The lowest BCUT2D eigenvalue weighted by molar-refractivity contribution is 0.102. The number of anilines is 1. The van der Waals surface area contributed by atoms with Gasteiger partial charge in [0.05, 0.1) is 5.69 Å². The highest BCUT2D eigenvalue weighted by molar-refractivity contribution is 14.1. The minimum atomic E-state index is -0.400. The van der Waals surface area contributed by atoms with Gasteiger partial charge in [-0.2, -0.15) is 0 Å². The summed E-state index contributed by atoms with van der Waals surface area (Å²) in [6.07, 6.45) is 0. The quantitative estimate of drug-likeness (QED) is 0.812. The summed E-state index contributed by atoms with van der Waals surface area (Å²) in [5, 5.41) is 2.64. The van der Waals surface area contributed by atoms with Crippen LogP contribution in [0.4, 0.5) is 14.5 Å². The van der Waals surface area contributed by atoms with Crippen molar-refractivity contribution in [3.05, 3.63) is 63.2 Å². The lowest BCUT2D eigenvalue weighted by Crippen LogP contribution is -2.12. The van der Waals surface area contributed by atoms with Gasteiger partial charge in [0.25, 0.3) is 5.91 Å². The average molecular weight is 359 g/mol. The first-order chi connectivity index (χ1) is 8.56. The summed E-state index contributed by atoms with van der Waals surface area (Å²) in [7, 11) is 0. The van der Waals surface area contributed by atoms with Gasteiger partial charge in [-0.05, 0) is 65.1 Å². The number of nitrogens with one attached hydrogen (secondary N) is 1. The molecule has 0 spiro atoms. The normalized spacial score (nSPS) is 10.2. The molecule has 18 heavy (non-hydrogen) atoms. The number of hydrogen-bond acceptors (Lipinski definition) is 1. The molecule has 1 amide bonds. The highest BCUT2D eigenvalue weighted by Crippen LogP contribution is 2.19. The van der Waals surface area contributed by atoms with Crippen LogP contribution in [0.3, 0.4) is 0 Å². The van der Waals surface area contributed by atoms with Crippen LogP contribution in [0.2, 0.25) is 0 Å². The fourth-order valence-corrected chi connectivity index (χ4v) is 2.00. The van der Waals surface area contributed by atoms with Gasteiger partial charge in [0.1, 0.15) is 11.6 Å². The number of rotatable bonds is 2. The molecule has 2 rings (SSSR count). The van der Waals surface area contributed by atoms with Crippen molar-refractivity contribution in [3.63, 3.8) is 0 Å². The predicted molar refractivity (Wildman–Crippen MR) is 73.5 cm³/mol. The van der Waals surface area contributed by atoms with Gasteiger partial charge in [-0.1, -0.05) is 0 Å². The average Bonchev–Trinajstić information content (AvgIpc) is 2.33. The van der Waals surface area contributed by atoms with E-state index in [1.54, 1.807) is 0 Å². The van der Waals surface area contributed by atoms with E-state index in [4.69, 9.17) is 0 Å². The van der Waals surface area contributed by atoms with Gasteiger partial charge in [0, 0.05) is 9.13 Å². The number of benzene rings is 2. The first kappa shape index (κ1) is 12.9. The molecule has 2 nitrogen and oxygen atoms in total. The maximum Gasteiger partial charge on any atom is 0.255 e. The molecular weight excluding hydrogens is 351 g/mol. The van der Waals surface area contributed by atoms with Crippen LogP contribution >= 0.6 is 22.6 Å². The first-order valence-electron chi connectivity index (χ1n) is 5.08. The molecule has 0 bridgehead atoms. The molecule has 2 aromatic rings. The minimum Gasteiger partial charge on any atom is -0.321 e. The Labute approximate surface area is 116 Å². The van der Waals surface area contributed by atoms with Crippen LogP contribution in [0.15, 0.2) is 42.5 Å². The Bertz CT molecular complexity index is 584. The third-order valence-electron chi connectivity index (χ3n) is 2.29. The summed E-state index contributed by atoms with van der Waals surface area (Å²) >= 11 is 1.93. The molecule has 1 N–H and O–H groups in total. The minimum absolute atomic E-state index is 0.344.